The minimum atomic E-state index is -0.612. The number of rotatable bonds is 1. The van der Waals surface area contributed by atoms with Gasteiger partial charge in [0.15, 0.2) is 0 Å². The average Bonchev–Trinajstić information content (AvgIpc) is 2.49. The van der Waals surface area contributed by atoms with E-state index in [1.165, 1.54) is 6.33 Å². The third-order valence-corrected chi connectivity index (χ3v) is 1.50. The Hall–Kier alpha value is -1.91. The molecule has 0 unspecified atom stereocenters. The summed E-state index contributed by atoms with van der Waals surface area (Å²) in [5.74, 6) is -0.570. The molecule has 0 fully saturated rings. The van der Waals surface area contributed by atoms with E-state index in [2.05, 4.69) is 9.97 Å². The van der Waals surface area contributed by atoms with Crippen molar-refractivity contribution < 1.29 is 4.79 Å². The van der Waals surface area contributed by atoms with E-state index in [-0.39, 0.29) is 5.82 Å². The average molecular weight is 162 g/mol. The van der Waals surface area contributed by atoms with Crippen molar-refractivity contribution >= 4 is 11.6 Å². The van der Waals surface area contributed by atoms with Crippen LogP contribution >= 0.6 is 0 Å². The number of fused-ring (bicyclic) bond motifs is 1. The third kappa shape index (κ3) is 0.914. The van der Waals surface area contributed by atoms with E-state index in [0.29, 0.717) is 5.65 Å². The molecule has 2 aromatic rings. The van der Waals surface area contributed by atoms with Gasteiger partial charge in [-0.15, -0.1) is 0 Å². The molecule has 12 heavy (non-hydrogen) atoms. The molecular weight excluding hydrogens is 156 g/mol. The van der Waals surface area contributed by atoms with Crippen LogP contribution in [0.1, 0.15) is 10.6 Å². The van der Waals surface area contributed by atoms with Crippen LogP contribution in [0.15, 0.2) is 24.7 Å². The maximum atomic E-state index is 10.7. The lowest BCUT2D eigenvalue weighted by atomic mass is 10.5. The first-order chi connectivity index (χ1) is 5.77. The summed E-state index contributed by atoms with van der Waals surface area (Å²) in [4.78, 5) is 18.3. The Balaban J connectivity index is 2.68. The Bertz CT molecular complexity index is 434. The van der Waals surface area contributed by atoms with E-state index in [0.717, 1.165) is 0 Å². The Morgan fingerprint density at radius 1 is 1.58 bits per heavy atom. The van der Waals surface area contributed by atoms with Crippen molar-refractivity contribution in [1.29, 1.82) is 0 Å². The van der Waals surface area contributed by atoms with Gasteiger partial charge in [0.1, 0.15) is 12.0 Å². The molecular formula is C7H6N4O. The van der Waals surface area contributed by atoms with Gasteiger partial charge in [-0.25, -0.2) is 9.97 Å². The van der Waals surface area contributed by atoms with Crippen LogP contribution < -0.4 is 5.73 Å². The van der Waals surface area contributed by atoms with Crippen LogP contribution in [0.25, 0.3) is 5.65 Å². The summed E-state index contributed by atoms with van der Waals surface area (Å²) in [7, 11) is 0. The largest absolute Gasteiger partial charge is 0.363 e. The number of primary amides is 1. The summed E-state index contributed by atoms with van der Waals surface area (Å²) in [5.41, 5.74) is 5.67. The van der Waals surface area contributed by atoms with Crippen LogP contribution in [0.4, 0.5) is 0 Å². The zero-order valence-corrected chi connectivity index (χ0v) is 6.14. The van der Waals surface area contributed by atoms with Crippen LogP contribution in [0, 0.1) is 0 Å². The molecule has 0 aliphatic heterocycles. The Morgan fingerprint density at radius 2 is 2.42 bits per heavy atom. The van der Waals surface area contributed by atoms with E-state index >= 15 is 0 Å². The number of nitrogens with two attached hydrogens (primary N) is 1. The van der Waals surface area contributed by atoms with E-state index in [4.69, 9.17) is 5.73 Å². The second-order valence-corrected chi connectivity index (χ2v) is 2.32. The first kappa shape index (κ1) is 6.78. The molecule has 0 aliphatic rings. The van der Waals surface area contributed by atoms with Gasteiger partial charge in [0.25, 0.3) is 5.91 Å². The van der Waals surface area contributed by atoms with Crippen LogP contribution in [0.5, 0.6) is 0 Å². The molecule has 5 heteroatoms. The van der Waals surface area contributed by atoms with Crippen molar-refractivity contribution in [3.63, 3.8) is 0 Å². The molecule has 0 bridgehead atoms. The van der Waals surface area contributed by atoms with Gasteiger partial charge in [-0.05, 0) is 12.1 Å². The molecule has 60 valence electrons. The highest BCUT2D eigenvalue weighted by molar-refractivity contribution is 5.89. The number of aromatic nitrogens is 3. The zero-order valence-electron chi connectivity index (χ0n) is 6.14. The molecule has 0 aliphatic carbocycles. The summed E-state index contributed by atoms with van der Waals surface area (Å²) < 4.78 is 1.70. The van der Waals surface area contributed by atoms with Crippen molar-refractivity contribution in [2.24, 2.45) is 5.73 Å². The van der Waals surface area contributed by atoms with Crippen LogP contribution in [-0.4, -0.2) is 20.3 Å². The number of carbonyl (C=O) groups is 1. The Morgan fingerprint density at radius 3 is 3.17 bits per heavy atom. The quantitative estimate of drug-likeness (QED) is 0.632. The molecule has 2 aromatic heterocycles. The normalized spacial score (nSPS) is 10.3. The van der Waals surface area contributed by atoms with Gasteiger partial charge in [0.05, 0.1) is 0 Å². The topological polar surface area (TPSA) is 73.3 Å². The lowest BCUT2D eigenvalue weighted by Gasteiger charge is -1.94. The molecule has 0 aromatic carbocycles. The van der Waals surface area contributed by atoms with Crippen molar-refractivity contribution in [3.8, 4) is 0 Å². The highest BCUT2D eigenvalue weighted by atomic mass is 16.1. The van der Waals surface area contributed by atoms with Crippen LogP contribution in [0.3, 0.4) is 0 Å². The minimum absolute atomic E-state index is 0.0428. The SMILES string of the molecule is NC(=O)c1ncn2cccc2n1. The monoisotopic (exact) mass is 162 g/mol. The van der Waals surface area contributed by atoms with Gasteiger partial charge in [-0.2, -0.15) is 0 Å². The highest BCUT2D eigenvalue weighted by Crippen LogP contribution is 1.99. The maximum Gasteiger partial charge on any atom is 0.286 e. The summed E-state index contributed by atoms with van der Waals surface area (Å²) in [6.45, 7) is 0. The first-order valence-corrected chi connectivity index (χ1v) is 3.37. The lowest BCUT2D eigenvalue weighted by Crippen LogP contribution is -2.15. The molecule has 0 spiro atoms. The van der Waals surface area contributed by atoms with E-state index in [9.17, 15) is 4.79 Å². The summed E-state index contributed by atoms with van der Waals surface area (Å²) >= 11 is 0. The standard InChI is InChI=1S/C7H6N4O/c8-6(12)7-9-4-11-3-1-2-5(11)10-7/h1-4H,(H2,8,12). The molecule has 1 amide bonds. The second kappa shape index (κ2) is 2.30. The van der Waals surface area contributed by atoms with Gasteiger partial charge in [-0.1, -0.05) is 0 Å². The fourth-order valence-corrected chi connectivity index (χ4v) is 0.950. The van der Waals surface area contributed by atoms with Gasteiger partial charge in [0.2, 0.25) is 5.82 Å². The van der Waals surface area contributed by atoms with Crippen molar-refractivity contribution in [2.75, 3.05) is 0 Å². The second-order valence-electron chi connectivity index (χ2n) is 2.32. The summed E-state index contributed by atoms with van der Waals surface area (Å²) in [6, 6.07) is 3.59. The summed E-state index contributed by atoms with van der Waals surface area (Å²) in [5, 5.41) is 0. The maximum absolute atomic E-state index is 10.7. The molecule has 2 N–H and O–H groups in total. The van der Waals surface area contributed by atoms with Gasteiger partial charge in [0, 0.05) is 6.20 Å². The van der Waals surface area contributed by atoms with Crippen molar-refractivity contribution in [1.82, 2.24) is 14.4 Å². The molecule has 0 atom stereocenters. The van der Waals surface area contributed by atoms with Gasteiger partial charge >= 0.3 is 0 Å². The van der Waals surface area contributed by atoms with Gasteiger partial charge in [-0.3, -0.25) is 9.20 Å². The van der Waals surface area contributed by atoms with Crippen LogP contribution in [0.2, 0.25) is 0 Å². The predicted molar refractivity (Wildman–Crippen MR) is 41.5 cm³/mol. The third-order valence-electron chi connectivity index (χ3n) is 1.50. The zero-order chi connectivity index (χ0) is 8.55. The first-order valence-electron chi connectivity index (χ1n) is 3.37. The Labute approximate surface area is 67.9 Å². The van der Waals surface area contributed by atoms with E-state index in [1.54, 1.807) is 16.7 Å². The molecule has 0 saturated carbocycles. The molecule has 0 radical (unpaired) electrons. The number of carbonyl (C=O) groups excluding carboxylic acids is 1. The lowest BCUT2D eigenvalue weighted by molar-refractivity contribution is 0.0990. The fourth-order valence-electron chi connectivity index (χ4n) is 0.950. The summed E-state index contributed by atoms with van der Waals surface area (Å²) in [6.07, 6.45) is 3.29. The highest BCUT2D eigenvalue weighted by Gasteiger charge is 2.03. The molecule has 2 rings (SSSR count). The molecule has 2 heterocycles. The molecule has 5 nitrogen and oxygen atoms in total. The van der Waals surface area contributed by atoms with E-state index in [1.807, 2.05) is 6.07 Å². The van der Waals surface area contributed by atoms with Crippen molar-refractivity contribution in [3.05, 3.63) is 30.5 Å². The number of hydrogen-bond donors (Lipinski definition) is 1. The predicted octanol–water partition coefficient (Wildman–Crippen LogP) is -0.172. The number of nitrogens with zero attached hydrogens (tertiary/aromatic N) is 3. The number of hydrogen-bond acceptors (Lipinski definition) is 3. The van der Waals surface area contributed by atoms with Crippen LogP contribution in [-0.2, 0) is 0 Å². The van der Waals surface area contributed by atoms with Gasteiger partial charge < -0.3 is 5.73 Å². The van der Waals surface area contributed by atoms with E-state index < -0.39 is 5.91 Å². The molecule has 0 saturated heterocycles. The Kier molecular flexibility index (Phi) is 1.30. The fraction of sp³-hybridized carbons (Fsp3) is 0. The van der Waals surface area contributed by atoms with Crippen molar-refractivity contribution in [2.45, 2.75) is 0 Å². The number of amides is 1. The minimum Gasteiger partial charge on any atom is -0.363 e. The smallest absolute Gasteiger partial charge is 0.286 e.